The summed E-state index contributed by atoms with van der Waals surface area (Å²) >= 11 is 0. The summed E-state index contributed by atoms with van der Waals surface area (Å²) in [7, 11) is -1.12. The maximum Gasteiger partial charge on any atom is 0.380 e. The molecule has 3 aliphatic carbocycles. The standard InChI is InChI=1S/C21H30N2O5S/c1-4-21-8-5-6-17(21)15-10-18(23-27-3)16-12-20(28-29(22,24)25)19(26-2)11-14(16)13(15)7-9-21/h11-13,15,17H,4-10H2,1-3H3,(H2,22,24,25)/b23-18-/t13?,15?,17?,21-/m0/s1. The maximum atomic E-state index is 11.5. The average molecular weight is 423 g/mol. The second-order valence-corrected chi connectivity index (χ2v) is 9.77. The van der Waals surface area contributed by atoms with Crippen molar-refractivity contribution in [3.63, 3.8) is 0 Å². The fraction of sp³-hybridized carbons (Fsp3) is 0.667. The third-order valence-electron chi connectivity index (χ3n) is 7.55. The van der Waals surface area contributed by atoms with Gasteiger partial charge in [0.15, 0.2) is 11.5 Å². The van der Waals surface area contributed by atoms with Gasteiger partial charge < -0.3 is 13.8 Å². The molecule has 29 heavy (non-hydrogen) atoms. The van der Waals surface area contributed by atoms with E-state index in [1.807, 2.05) is 6.07 Å². The molecule has 2 fully saturated rings. The molecule has 0 aromatic heterocycles. The maximum absolute atomic E-state index is 11.5. The number of methoxy groups -OCH3 is 1. The Labute approximate surface area is 172 Å². The first kappa shape index (κ1) is 20.5. The van der Waals surface area contributed by atoms with Crippen molar-refractivity contribution < 1.29 is 22.2 Å². The zero-order chi connectivity index (χ0) is 20.8. The number of fused-ring (bicyclic) bond motifs is 5. The fourth-order valence-electron chi connectivity index (χ4n) is 6.38. The fourth-order valence-corrected chi connectivity index (χ4v) is 6.76. The Morgan fingerprint density at radius 3 is 2.66 bits per heavy atom. The molecule has 4 atom stereocenters. The molecular weight excluding hydrogens is 392 g/mol. The van der Waals surface area contributed by atoms with E-state index in [4.69, 9.17) is 18.9 Å². The van der Waals surface area contributed by atoms with Gasteiger partial charge in [-0.25, -0.2) is 0 Å². The van der Waals surface area contributed by atoms with Crippen LogP contribution in [0.1, 0.15) is 68.9 Å². The van der Waals surface area contributed by atoms with Crippen LogP contribution in [0, 0.1) is 17.3 Å². The molecule has 0 amide bonds. The van der Waals surface area contributed by atoms with Gasteiger partial charge in [-0.15, -0.1) is 0 Å². The molecule has 3 unspecified atom stereocenters. The summed E-state index contributed by atoms with van der Waals surface area (Å²) in [6.45, 7) is 2.33. The van der Waals surface area contributed by atoms with Crippen LogP contribution < -0.4 is 14.1 Å². The van der Waals surface area contributed by atoms with Gasteiger partial charge in [-0.05, 0) is 73.0 Å². The molecule has 2 saturated carbocycles. The molecule has 1 aromatic carbocycles. The lowest BCUT2D eigenvalue weighted by atomic mass is 9.54. The summed E-state index contributed by atoms with van der Waals surface area (Å²) in [5.41, 5.74) is 3.31. The van der Waals surface area contributed by atoms with E-state index in [-0.39, 0.29) is 5.75 Å². The molecule has 0 spiro atoms. The number of oxime groups is 1. The van der Waals surface area contributed by atoms with Crippen LogP contribution in [0.5, 0.6) is 11.5 Å². The minimum absolute atomic E-state index is 0.0792. The first-order chi connectivity index (χ1) is 13.8. The first-order valence-corrected chi connectivity index (χ1v) is 11.8. The van der Waals surface area contributed by atoms with E-state index >= 15 is 0 Å². The molecule has 7 nitrogen and oxygen atoms in total. The molecule has 2 N–H and O–H groups in total. The van der Waals surface area contributed by atoms with Gasteiger partial charge in [0.25, 0.3) is 0 Å². The minimum Gasteiger partial charge on any atom is -0.493 e. The Morgan fingerprint density at radius 1 is 1.21 bits per heavy atom. The highest BCUT2D eigenvalue weighted by molar-refractivity contribution is 7.84. The van der Waals surface area contributed by atoms with Crippen LogP contribution in [0.3, 0.4) is 0 Å². The van der Waals surface area contributed by atoms with Gasteiger partial charge in [0.05, 0.1) is 12.8 Å². The Bertz CT molecular complexity index is 929. The average Bonchev–Trinajstić information content (AvgIpc) is 3.11. The third kappa shape index (κ3) is 3.50. The van der Waals surface area contributed by atoms with E-state index in [9.17, 15) is 8.42 Å². The molecule has 4 rings (SSSR count). The highest BCUT2D eigenvalue weighted by atomic mass is 32.2. The van der Waals surface area contributed by atoms with E-state index in [1.54, 1.807) is 6.07 Å². The summed E-state index contributed by atoms with van der Waals surface area (Å²) in [6.07, 6.45) is 8.33. The van der Waals surface area contributed by atoms with E-state index in [0.717, 1.165) is 29.7 Å². The molecule has 1 aromatic rings. The normalized spacial score (nSPS) is 32.3. The second kappa shape index (κ2) is 7.47. The van der Waals surface area contributed by atoms with E-state index in [1.165, 1.54) is 46.3 Å². The van der Waals surface area contributed by atoms with Crippen molar-refractivity contribution in [3.05, 3.63) is 23.3 Å². The van der Waals surface area contributed by atoms with Crippen molar-refractivity contribution in [2.45, 2.75) is 57.8 Å². The lowest BCUT2D eigenvalue weighted by Gasteiger charge is -2.50. The van der Waals surface area contributed by atoms with Crippen molar-refractivity contribution in [2.24, 2.45) is 27.5 Å². The molecule has 8 heteroatoms. The summed E-state index contributed by atoms with van der Waals surface area (Å²) in [4.78, 5) is 5.15. The number of rotatable bonds is 5. The molecule has 0 bridgehead atoms. The quantitative estimate of drug-likeness (QED) is 0.729. The highest BCUT2D eigenvalue weighted by Gasteiger charge is 2.52. The molecule has 0 saturated heterocycles. The van der Waals surface area contributed by atoms with Gasteiger partial charge in [0, 0.05) is 5.56 Å². The molecule has 0 radical (unpaired) electrons. The Hall–Kier alpha value is -1.80. The van der Waals surface area contributed by atoms with Gasteiger partial charge in [-0.2, -0.15) is 13.6 Å². The lowest BCUT2D eigenvalue weighted by molar-refractivity contribution is 0.0506. The minimum atomic E-state index is -4.16. The summed E-state index contributed by atoms with van der Waals surface area (Å²) in [5, 5.41) is 9.41. The highest BCUT2D eigenvalue weighted by Crippen LogP contribution is 2.62. The van der Waals surface area contributed by atoms with Crippen molar-refractivity contribution >= 4 is 16.0 Å². The van der Waals surface area contributed by atoms with Crippen LogP contribution >= 0.6 is 0 Å². The molecule has 0 heterocycles. The third-order valence-corrected chi connectivity index (χ3v) is 7.96. The number of hydrogen-bond donors (Lipinski definition) is 1. The van der Waals surface area contributed by atoms with Gasteiger partial charge in [0.1, 0.15) is 7.11 Å². The van der Waals surface area contributed by atoms with E-state index in [2.05, 4.69) is 12.1 Å². The summed E-state index contributed by atoms with van der Waals surface area (Å²) in [5.74, 6) is 2.06. The first-order valence-electron chi connectivity index (χ1n) is 10.4. The SMILES string of the molecule is CC[C@@]12CCCC1C1C/C(=N/OC)c3cc(OS(N)(=O)=O)c(OC)cc3C1CC2. The Morgan fingerprint density at radius 2 is 2.00 bits per heavy atom. The smallest absolute Gasteiger partial charge is 0.380 e. The van der Waals surface area contributed by atoms with Crippen LogP contribution in [-0.4, -0.2) is 28.3 Å². The molecular formula is C21H30N2O5S. The number of nitrogens with two attached hydrogens (primary N) is 1. The monoisotopic (exact) mass is 422 g/mol. The molecule has 0 aliphatic heterocycles. The van der Waals surface area contributed by atoms with Gasteiger partial charge in [0.2, 0.25) is 0 Å². The Balaban J connectivity index is 1.82. The number of ether oxygens (including phenoxy) is 1. The van der Waals surface area contributed by atoms with Gasteiger partial charge in [-0.1, -0.05) is 24.9 Å². The largest absolute Gasteiger partial charge is 0.493 e. The van der Waals surface area contributed by atoms with Crippen molar-refractivity contribution in [1.29, 1.82) is 0 Å². The van der Waals surface area contributed by atoms with Crippen molar-refractivity contribution in [2.75, 3.05) is 14.2 Å². The van der Waals surface area contributed by atoms with Crippen molar-refractivity contribution in [1.82, 2.24) is 0 Å². The predicted molar refractivity (Wildman–Crippen MR) is 110 cm³/mol. The second-order valence-electron chi connectivity index (χ2n) is 8.61. The zero-order valence-corrected chi connectivity index (χ0v) is 18.1. The van der Waals surface area contributed by atoms with Crippen LogP contribution in [0.15, 0.2) is 17.3 Å². The number of benzene rings is 1. The predicted octanol–water partition coefficient (Wildman–Crippen LogP) is 3.72. The van der Waals surface area contributed by atoms with Crippen molar-refractivity contribution in [3.8, 4) is 11.5 Å². The number of hydrogen-bond acceptors (Lipinski definition) is 6. The van der Waals surface area contributed by atoms with Crippen LogP contribution in [0.4, 0.5) is 0 Å². The number of nitrogens with zero attached hydrogens (tertiary/aromatic N) is 1. The molecule has 3 aliphatic rings. The van der Waals surface area contributed by atoms with Crippen LogP contribution in [-0.2, 0) is 15.1 Å². The lowest BCUT2D eigenvalue weighted by Crippen LogP contribution is -2.42. The van der Waals surface area contributed by atoms with Gasteiger partial charge >= 0.3 is 10.3 Å². The van der Waals surface area contributed by atoms with E-state index < -0.39 is 10.3 Å². The van der Waals surface area contributed by atoms with Crippen LogP contribution in [0.25, 0.3) is 0 Å². The van der Waals surface area contributed by atoms with E-state index in [0.29, 0.717) is 28.9 Å². The zero-order valence-electron chi connectivity index (χ0n) is 17.3. The van der Waals surface area contributed by atoms with Crippen LogP contribution in [0.2, 0.25) is 0 Å². The summed E-state index contributed by atoms with van der Waals surface area (Å²) < 4.78 is 33.4. The summed E-state index contributed by atoms with van der Waals surface area (Å²) in [6, 6.07) is 3.59. The Kier molecular flexibility index (Phi) is 5.27. The topological polar surface area (TPSA) is 100 Å². The molecule has 160 valence electrons. The van der Waals surface area contributed by atoms with Gasteiger partial charge in [-0.3, -0.25) is 0 Å².